The second-order valence-corrected chi connectivity index (χ2v) is 8.77. The molecule has 0 atom stereocenters. The predicted molar refractivity (Wildman–Crippen MR) is 52.0 cm³/mol. The van der Waals surface area contributed by atoms with Crippen LogP contribution in [0, 0.1) is 0 Å². The van der Waals surface area contributed by atoms with Crippen molar-refractivity contribution in [1.29, 1.82) is 0 Å². The summed E-state index contributed by atoms with van der Waals surface area (Å²) in [4.78, 5) is 0. The van der Waals surface area contributed by atoms with Crippen LogP contribution in [0.25, 0.3) is 0 Å². The van der Waals surface area contributed by atoms with Crippen molar-refractivity contribution in [2.45, 2.75) is 20.0 Å². The van der Waals surface area contributed by atoms with Crippen molar-refractivity contribution >= 4 is 8.32 Å². The summed E-state index contributed by atoms with van der Waals surface area (Å²) in [7, 11) is 5.28. The van der Waals surface area contributed by atoms with Crippen LogP contribution < -0.4 is 0 Å². The van der Waals surface area contributed by atoms with Crippen LogP contribution in [0.4, 0.5) is 0 Å². The zero-order chi connectivity index (χ0) is 9.12. The summed E-state index contributed by atoms with van der Waals surface area (Å²) in [5, 5.41) is 0. The second kappa shape index (κ2) is 3.69. The maximum absolute atomic E-state index is 5.73. The van der Waals surface area contributed by atoms with E-state index >= 15 is 0 Å². The Morgan fingerprint density at radius 1 is 1.18 bits per heavy atom. The van der Waals surface area contributed by atoms with Crippen molar-refractivity contribution in [2.24, 2.45) is 0 Å². The second-order valence-electron chi connectivity index (χ2n) is 4.64. The Labute approximate surface area is 71.9 Å². The van der Waals surface area contributed by atoms with Gasteiger partial charge in [0.2, 0.25) is 8.32 Å². The molecule has 0 aliphatic rings. The van der Waals surface area contributed by atoms with Crippen LogP contribution in [-0.2, 0) is 4.43 Å². The topological polar surface area (TPSA) is 9.23 Å². The highest BCUT2D eigenvalue weighted by Crippen LogP contribution is 2.08. The van der Waals surface area contributed by atoms with Gasteiger partial charge in [-0.05, 0) is 20.0 Å². The van der Waals surface area contributed by atoms with E-state index in [0.717, 1.165) is 11.1 Å². The highest BCUT2D eigenvalue weighted by molar-refractivity contribution is 6.71. The summed E-state index contributed by atoms with van der Waals surface area (Å²) >= 11 is 0. The highest BCUT2D eigenvalue weighted by Gasteiger charge is 2.29. The Morgan fingerprint density at radius 3 is 1.91 bits per heavy atom. The van der Waals surface area contributed by atoms with E-state index in [4.69, 9.17) is 4.43 Å². The minimum atomic E-state index is -1.37. The molecule has 0 saturated carbocycles. The van der Waals surface area contributed by atoms with Gasteiger partial charge in [0.1, 0.15) is 0 Å². The van der Waals surface area contributed by atoms with Gasteiger partial charge in [0.15, 0.2) is 0 Å². The Kier molecular flexibility index (Phi) is 3.74. The lowest BCUT2D eigenvalue weighted by Crippen LogP contribution is -2.51. The number of hydrogen-bond acceptors (Lipinski definition) is 1. The standard InChI is InChI=1S/C8H22NOSi/c1-7-10-11(5,6)8-9(2,3)4/h7-8H2,1-6H3/q+1. The molecule has 0 unspecified atom stereocenters. The van der Waals surface area contributed by atoms with Crippen LogP contribution in [0.2, 0.25) is 13.1 Å². The molecule has 0 fully saturated rings. The van der Waals surface area contributed by atoms with Gasteiger partial charge in [-0.25, -0.2) is 0 Å². The van der Waals surface area contributed by atoms with Gasteiger partial charge in [0, 0.05) is 6.61 Å². The maximum Gasteiger partial charge on any atom is 0.245 e. The quantitative estimate of drug-likeness (QED) is 0.466. The first-order valence-corrected chi connectivity index (χ1v) is 7.33. The van der Waals surface area contributed by atoms with Gasteiger partial charge in [-0.15, -0.1) is 0 Å². The van der Waals surface area contributed by atoms with Crippen LogP contribution in [0.5, 0.6) is 0 Å². The molecular weight excluding hydrogens is 154 g/mol. The van der Waals surface area contributed by atoms with E-state index in [1.54, 1.807) is 0 Å². The summed E-state index contributed by atoms with van der Waals surface area (Å²) in [6.45, 7) is 7.49. The number of rotatable bonds is 4. The number of quaternary nitrogens is 1. The molecule has 0 radical (unpaired) electrons. The summed E-state index contributed by atoms with van der Waals surface area (Å²) in [6, 6.07) is 0. The first-order valence-electron chi connectivity index (χ1n) is 4.21. The number of hydrogen-bond donors (Lipinski definition) is 0. The first-order chi connectivity index (χ1) is 4.77. The van der Waals surface area contributed by atoms with Crippen molar-refractivity contribution in [2.75, 3.05) is 33.9 Å². The fourth-order valence-electron chi connectivity index (χ4n) is 1.58. The highest BCUT2D eigenvalue weighted by atomic mass is 28.4. The van der Waals surface area contributed by atoms with Crippen LogP contribution in [-0.4, -0.2) is 46.7 Å². The van der Waals surface area contributed by atoms with Gasteiger partial charge in [0.05, 0.1) is 27.3 Å². The van der Waals surface area contributed by atoms with E-state index in [2.05, 4.69) is 41.2 Å². The van der Waals surface area contributed by atoms with Crippen LogP contribution in [0.3, 0.4) is 0 Å². The van der Waals surface area contributed by atoms with E-state index in [9.17, 15) is 0 Å². The largest absolute Gasteiger partial charge is 0.411 e. The molecule has 0 aromatic rings. The third kappa shape index (κ3) is 6.53. The van der Waals surface area contributed by atoms with Gasteiger partial charge < -0.3 is 8.91 Å². The smallest absolute Gasteiger partial charge is 0.245 e. The van der Waals surface area contributed by atoms with Gasteiger partial charge in [0.25, 0.3) is 0 Å². The summed E-state index contributed by atoms with van der Waals surface area (Å²) < 4.78 is 6.74. The zero-order valence-electron chi connectivity index (χ0n) is 8.77. The molecule has 0 aliphatic carbocycles. The minimum Gasteiger partial charge on any atom is -0.411 e. The van der Waals surface area contributed by atoms with Gasteiger partial charge in [-0.2, -0.15) is 0 Å². The molecule has 0 N–H and O–H groups in total. The molecule has 68 valence electrons. The molecule has 11 heavy (non-hydrogen) atoms. The Morgan fingerprint density at radius 2 is 1.64 bits per heavy atom. The monoisotopic (exact) mass is 176 g/mol. The SMILES string of the molecule is CCO[Si](C)(C)C[N+](C)(C)C. The molecule has 0 aromatic carbocycles. The molecule has 0 amide bonds. The Hall–Kier alpha value is 0.137. The lowest BCUT2D eigenvalue weighted by Gasteiger charge is -2.32. The lowest BCUT2D eigenvalue weighted by atomic mass is 10.8. The van der Waals surface area contributed by atoms with E-state index in [1.807, 2.05) is 0 Å². The minimum absolute atomic E-state index is 0.860. The van der Waals surface area contributed by atoms with Gasteiger partial charge in [-0.3, -0.25) is 0 Å². The van der Waals surface area contributed by atoms with Crippen LogP contribution in [0.15, 0.2) is 0 Å². The fraction of sp³-hybridized carbons (Fsp3) is 1.00. The van der Waals surface area contributed by atoms with Crippen LogP contribution >= 0.6 is 0 Å². The molecule has 0 spiro atoms. The van der Waals surface area contributed by atoms with Crippen molar-refractivity contribution in [3.8, 4) is 0 Å². The van der Waals surface area contributed by atoms with E-state index in [-0.39, 0.29) is 0 Å². The number of nitrogens with zero attached hydrogens (tertiary/aromatic N) is 1. The molecule has 2 nitrogen and oxygen atoms in total. The molecular formula is C8H22NOSi+. The summed E-state index contributed by atoms with van der Waals surface area (Å²) in [5.74, 6) is 0. The molecule has 0 aliphatic heterocycles. The van der Waals surface area contributed by atoms with Crippen molar-refractivity contribution in [3.05, 3.63) is 0 Å². The Bertz CT molecular complexity index is 118. The summed E-state index contributed by atoms with van der Waals surface area (Å²) in [5.41, 5.74) is 0. The lowest BCUT2D eigenvalue weighted by molar-refractivity contribution is -0.860. The average Bonchev–Trinajstić information content (AvgIpc) is 1.55. The van der Waals surface area contributed by atoms with Gasteiger partial charge in [-0.1, -0.05) is 0 Å². The zero-order valence-corrected chi connectivity index (χ0v) is 9.77. The van der Waals surface area contributed by atoms with Crippen molar-refractivity contribution in [3.63, 3.8) is 0 Å². The van der Waals surface area contributed by atoms with E-state index in [0.29, 0.717) is 0 Å². The maximum atomic E-state index is 5.73. The molecule has 0 bridgehead atoms. The fourth-order valence-corrected chi connectivity index (χ4v) is 4.74. The molecule has 3 heteroatoms. The Balaban J connectivity index is 3.91. The molecule has 0 rings (SSSR count). The first kappa shape index (κ1) is 11.1. The van der Waals surface area contributed by atoms with Crippen molar-refractivity contribution < 1.29 is 8.91 Å². The summed E-state index contributed by atoms with van der Waals surface area (Å²) in [6.07, 6.45) is 1.18. The van der Waals surface area contributed by atoms with E-state index < -0.39 is 8.32 Å². The third-order valence-electron chi connectivity index (χ3n) is 1.39. The van der Waals surface area contributed by atoms with E-state index in [1.165, 1.54) is 6.17 Å². The third-order valence-corrected chi connectivity index (χ3v) is 4.17. The van der Waals surface area contributed by atoms with Crippen molar-refractivity contribution in [1.82, 2.24) is 0 Å². The van der Waals surface area contributed by atoms with Crippen LogP contribution in [0.1, 0.15) is 6.92 Å². The normalized spacial score (nSPS) is 13.6. The molecule has 0 saturated heterocycles. The van der Waals surface area contributed by atoms with Gasteiger partial charge >= 0.3 is 0 Å². The average molecular weight is 176 g/mol. The molecule has 0 aromatic heterocycles. The predicted octanol–water partition coefficient (Wildman–Crippen LogP) is 1.47. The molecule has 0 heterocycles.